The van der Waals surface area contributed by atoms with Crippen molar-refractivity contribution in [3.63, 3.8) is 0 Å². The van der Waals surface area contributed by atoms with Crippen LogP contribution in [0.5, 0.6) is 0 Å². The lowest BCUT2D eigenvalue weighted by Gasteiger charge is -2.07. The fourth-order valence-corrected chi connectivity index (χ4v) is 5.07. The summed E-state index contributed by atoms with van der Waals surface area (Å²) in [4.78, 5) is 0. The van der Waals surface area contributed by atoms with Gasteiger partial charge in [-0.3, -0.25) is 0 Å². The van der Waals surface area contributed by atoms with Gasteiger partial charge in [-0.15, -0.1) is 10.2 Å². The third-order valence-electron chi connectivity index (χ3n) is 3.28. The molecule has 0 aliphatic rings. The second-order valence-corrected chi connectivity index (χ2v) is 9.09. The Labute approximate surface area is 166 Å². The molecule has 0 saturated heterocycles. The average molecular weight is 433 g/mol. The number of rotatable bonds is 6. The molecule has 0 aliphatic heterocycles. The van der Waals surface area contributed by atoms with Crippen LogP contribution in [0.2, 0.25) is 5.02 Å². The molecule has 0 fully saturated rings. The van der Waals surface area contributed by atoms with Gasteiger partial charge in [0.1, 0.15) is 0 Å². The van der Waals surface area contributed by atoms with Crippen LogP contribution in [0.15, 0.2) is 57.2 Å². The van der Waals surface area contributed by atoms with Crippen molar-refractivity contribution in [1.29, 1.82) is 0 Å². The molecule has 0 unspecified atom stereocenters. The highest BCUT2D eigenvalue weighted by molar-refractivity contribution is 8.02. The summed E-state index contributed by atoms with van der Waals surface area (Å²) < 4.78 is 39.8. The van der Waals surface area contributed by atoms with Gasteiger partial charge >= 0.3 is 6.18 Å². The van der Waals surface area contributed by atoms with Gasteiger partial charge in [0, 0.05) is 16.5 Å². The number of nitrogens with zero attached hydrogens (tertiary/aromatic N) is 2. The third-order valence-corrected chi connectivity index (χ3v) is 6.86. The number of halogens is 4. The van der Waals surface area contributed by atoms with Crippen LogP contribution in [-0.2, 0) is 17.7 Å². The van der Waals surface area contributed by atoms with Gasteiger partial charge in [0.15, 0.2) is 8.68 Å². The van der Waals surface area contributed by atoms with Gasteiger partial charge in [-0.25, -0.2) is 0 Å². The van der Waals surface area contributed by atoms with E-state index in [-0.39, 0.29) is 0 Å². The van der Waals surface area contributed by atoms with Crippen molar-refractivity contribution < 1.29 is 13.2 Å². The predicted molar refractivity (Wildman–Crippen MR) is 102 cm³/mol. The molecule has 0 saturated carbocycles. The maximum atomic E-state index is 12.7. The zero-order valence-corrected chi connectivity index (χ0v) is 16.4. The van der Waals surface area contributed by atoms with Crippen molar-refractivity contribution >= 4 is 46.5 Å². The van der Waals surface area contributed by atoms with E-state index >= 15 is 0 Å². The van der Waals surface area contributed by atoms with Crippen LogP contribution in [0.3, 0.4) is 0 Å². The van der Waals surface area contributed by atoms with Crippen molar-refractivity contribution in [2.45, 2.75) is 26.4 Å². The normalized spacial score (nSPS) is 11.7. The summed E-state index contributed by atoms with van der Waals surface area (Å²) >= 11 is 10.3. The lowest BCUT2D eigenvalue weighted by molar-refractivity contribution is -0.137. The first kappa shape index (κ1) is 19.5. The fourth-order valence-electron chi connectivity index (χ4n) is 2.02. The van der Waals surface area contributed by atoms with E-state index in [1.165, 1.54) is 35.2 Å². The van der Waals surface area contributed by atoms with Crippen LogP contribution in [0.4, 0.5) is 13.2 Å². The topological polar surface area (TPSA) is 25.8 Å². The van der Waals surface area contributed by atoms with Crippen molar-refractivity contribution in [1.82, 2.24) is 10.2 Å². The van der Waals surface area contributed by atoms with Gasteiger partial charge in [-0.2, -0.15) is 13.2 Å². The highest BCUT2D eigenvalue weighted by atomic mass is 35.5. The molecule has 2 aromatic carbocycles. The summed E-state index contributed by atoms with van der Waals surface area (Å²) in [6, 6.07) is 12.9. The molecular weight excluding hydrogens is 421 g/mol. The molecule has 0 bridgehead atoms. The van der Waals surface area contributed by atoms with Crippen molar-refractivity contribution in [2.24, 2.45) is 0 Å². The summed E-state index contributed by atoms with van der Waals surface area (Å²) in [7, 11) is 0. The molecule has 0 aliphatic carbocycles. The summed E-state index contributed by atoms with van der Waals surface area (Å²) in [6.07, 6.45) is -4.32. The summed E-state index contributed by atoms with van der Waals surface area (Å²) in [6.45, 7) is 0. The predicted octanol–water partition coefficient (Wildman–Crippen LogP) is 6.79. The van der Waals surface area contributed by atoms with Gasteiger partial charge < -0.3 is 0 Å². The standard InChI is InChI=1S/C17H12ClF3N2S3/c18-14-6-4-11(5-7-14)9-24-15-22-23-16(26-15)25-10-12-2-1-3-13(8-12)17(19,20)21/h1-8H,9-10H2. The largest absolute Gasteiger partial charge is 0.416 e. The van der Waals surface area contributed by atoms with Crippen molar-refractivity contribution in [2.75, 3.05) is 0 Å². The maximum absolute atomic E-state index is 12.7. The Morgan fingerprint density at radius 3 is 2.12 bits per heavy atom. The Morgan fingerprint density at radius 2 is 1.50 bits per heavy atom. The van der Waals surface area contributed by atoms with E-state index < -0.39 is 11.7 Å². The van der Waals surface area contributed by atoms with E-state index in [4.69, 9.17) is 11.6 Å². The van der Waals surface area contributed by atoms with E-state index in [1.807, 2.05) is 24.3 Å². The molecule has 3 rings (SSSR count). The minimum atomic E-state index is -4.32. The lowest BCUT2D eigenvalue weighted by Crippen LogP contribution is -2.04. The molecule has 3 aromatic rings. The van der Waals surface area contributed by atoms with Crippen molar-refractivity contribution in [3.05, 3.63) is 70.2 Å². The quantitative estimate of drug-likeness (QED) is 0.400. The minimum Gasteiger partial charge on any atom is -0.166 e. The number of hydrogen-bond acceptors (Lipinski definition) is 5. The molecular formula is C17H12ClF3N2S3. The number of thioether (sulfide) groups is 2. The molecule has 26 heavy (non-hydrogen) atoms. The molecule has 1 heterocycles. The summed E-state index contributed by atoms with van der Waals surface area (Å²) in [5.74, 6) is 1.17. The molecule has 0 amide bonds. The van der Waals surface area contributed by atoms with Gasteiger partial charge in [-0.05, 0) is 29.3 Å². The third kappa shape index (κ3) is 5.64. The first-order valence-corrected chi connectivity index (χ1v) is 10.6. The Balaban J connectivity index is 1.54. The average Bonchev–Trinajstić information content (AvgIpc) is 3.07. The zero-order valence-electron chi connectivity index (χ0n) is 13.2. The first-order chi connectivity index (χ1) is 12.4. The van der Waals surface area contributed by atoms with Crippen LogP contribution in [-0.4, -0.2) is 10.2 Å². The van der Waals surface area contributed by atoms with Gasteiger partial charge in [0.05, 0.1) is 5.56 Å². The van der Waals surface area contributed by atoms with Crippen LogP contribution in [0.25, 0.3) is 0 Å². The van der Waals surface area contributed by atoms with E-state index in [2.05, 4.69) is 10.2 Å². The molecule has 0 N–H and O–H groups in total. The first-order valence-electron chi connectivity index (χ1n) is 7.40. The Bertz CT molecular complexity index is 866. The van der Waals surface area contributed by atoms with E-state index in [0.29, 0.717) is 16.3 Å². The van der Waals surface area contributed by atoms with E-state index in [0.717, 1.165) is 26.1 Å². The monoisotopic (exact) mass is 432 g/mol. The lowest BCUT2D eigenvalue weighted by atomic mass is 10.1. The molecule has 136 valence electrons. The van der Waals surface area contributed by atoms with Gasteiger partial charge in [0.25, 0.3) is 0 Å². The van der Waals surface area contributed by atoms with Crippen LogP contribution < -0.4 is 0 Å². The SMILES string of the molecule is FC(F)(F)c1cccc(CSc2nnc(SCc3ccc(Cl)cc3)s2)c1. The van der Waals surface area contributed by atoms with E-state index in [1.54, 1.807) is 17.8 Å². The molecule has 0 radical (unpaired) electrons. The molecule has 9 heteroatoms. The summed E-state index contributed by atoms with van der Waals surface area (Å²) in [5.41, 5.74) is 1.11. The Hall–Kier alpha value is -1.22. The number of benzene rings is 2. The number of aromatic nitrogens is 2. The maximum Gasteiger partial charge on any atom is 0.416 e. The van der Waals surface area contributed by atoms with Crippen LogP contribution in [0, 0.1) is 0 Å². The minimum absolute atomic E-state index is 0.417. The molecule has 2 nitrogen and oxygen atoms in total. The Morgan fingerprint density at radius 1 is 0.885 bits per heavy atom. The highest BCUT2D eigenvalue weighted by Gasteiger charge is 2.30. The van der Waals surface area contributed by atoms with Crippen LogP contribution in [0.1, 0.15) is 16.7 Å². The van der Waals surface area contributed by atoms with E-state index in [9.17, 15) is 13.2 Å². The molecule has 1 aromatic heterocycles. The molecule has 0 atom stereocenters. The van der Waals surface area contributed by atoms with Crippen molar-refractivity contribution in [3.8, 4) is 0 Å². The smallest absolute Gasteiger partial charge is 0.166 e. The van der Waals surface area contributed by atoms with Crippen LogP contribution >= 0.6 is 46.5 Å². The number of hydrogen-bond donors (Lipinski definition) is 0. The van der Waals surface area contributed by atoms with Gasteiger partial charge in [-0.1, -0.05) is 76.8 Å². The Kier molecular flexibility index (Phi) is 6.50. The number of alkyl halides is 3. The summed E-state index contributed by atoms with van der Waals surface area (Å²) in [5, 5.41) is 8.92. The van der Waals surface area contributed by atoms with Gasteiger partial charge in [0.2, 0.25) is 0 Å². The molecule has 0 spiro atoms. The highest BCUT2D eigenvalue weighted by Crippen LogP contribution is 2.34. The zero-order chi connectivity index (χ0) is 18.6. The second kappa shape index (κ2) is 8.65. The fraction of sp³-hybridized carbons (Fsp3) is 0.176. The second-order valence-electron chi connectivity index (χ2n) is 5.24.